The van der Waals surface area contributed by atoms with E-state index in [2.05, 4.69) is 20.8 Å². The Kier molecular flexibility index (Phi) is 7.27. The van der Waals surface area contributed by atoms with Crippen molar-refractivity contribution in [1.29, 1.82) is 0 Å². The number of carbonyl (C=O) groups is 2. The summed E-state index contributed by atoms with van der Waals surface area (Å²) in [7, 11) is 0. The fourth-order valence-electron chi connectivity index (χ4n) is 2.78. The van der Waals surface area contributed by atoms with Gasteiger partial charge in [-0.05, 0) is 5.56 Å². The van der Waals surface area contributed by atoms with Gasteiger partial charge in [0.1, 0.15) is 11.0 Å². The van der Waals surface area contributed by atoms with E-state index < -0.39 is 6.04 Å². The van der Waals surface area contributed by atoms with Gasteiger partial charge in [0.2, 0.25) is 11.0 Å². The number of urea groups is 1. The second-order valence-electron chi connectivity index (χ2n) is 6.88. The van der Waals surface area contributed by atoms with Gasteiger partial charge in [-0.25, -0.2) is 4.79 Å². The number of anilines is 1. The highest BCUT2D eigenvalue weighted by Gasteiger charge is 2.26. The maximum atomic E-state index is 12.9. The number of nitrogens with one attached hydrogen (secondary N) is 2. The summed E-state index contributed by atoms with van der Waals surface area (Å²) in [4.78, 5) is 27.3. The van der Waals surface area contributed by atoms with Gasteiger partial charge in [-0.2, -0.15) is 11.8 Å². The lowest BCUT2D eigenvalue weighted by Crippen LogP contribution is -2.52. The first kappa shape index (κ1) is 20.6. The molecule has 1 aromatic carbocycles. The summed E-state index contributed by atoms with van der Waals surface area (Å²) in [6.45, 7) is 5.46. The van der Waals surface area contributed by atoms with Crippen LogP contribution >= 0.6 is 23.1 Å². The van der Waals surface area contributed by atoms with Crippen molar-refractivity contribution < 1.29 is 9.59 Å². The molecule has 1 atom stereocenters. The zero-order chi connectivity index (χ0) is 19.9. The lowest BCUT2D eigenvalue weighted by atomic mass is 10.1. The van der Waals surface area contributed by atoms with Crippen LogP contribution in [0.4, 0.5) is 9.93 Å². The number of nitrogens with zero attached hydrogens (tertiary/aromatic N) is 3. The highest BCUT2D eigenvalue weighted by Crippen LogP contribution is 2.22. The van der Waals surface area contributed by atoms with Crippen molar-refractivity contribution in [2.24, 2.45) is 0 Å². The Morgan fingerprint density at radius 1 is 1.14 bits per heavy atom. The molecule has 0 radical (unpaired) electrons. The van der Waals surface area contributed by atoms with Crippen molar-refractivity contribution >= 4 is 40.2 Å². The number of rotatable bonds is 6. The molecule has 0 spiro atoms. The van der Waals surface area contributed by atoms with E-state index in [1.54, 1.807) is 4.90 Å². The number of hydrogen-bond donors (Lipinski definition) is 2. The first-order valence-corrected chi connectivity index (χ1v) is 11.3. The van der Waals surface area contributed by atoms with Crippen molar-refractivity contribution in [3.63, 3.8) is 0 Å². The summed E-state index contributed by atoms with van der Waals surface area (Å²) >= 11 is 3.20. The van der Waals surface area contributed by atoms with E-state index in [1.807, 2.05) is 55.9 Å². The smallest absolute Gasteiger partial charge is 0.318 e. The highest BCUT2D eigenvalue weighted by molar-refractivity contribution is 7.99. The van der Waals surface area contributed by atoms with Gasteiger partial charge in [0, 0.05) is 36.9 Å². The van der Waals surface area contributed by atoms with Gasteiger partial charge >= 0.3 is 6.03 Å². The molecule has 1 unspecified atom stereocenters. The minimum absolute atomic E-state index is 0.198. The van der Waals surface area contributed by atoms with Gasteiger partial charge in [0.25, 0.3) is 0 Å². The lowest BCUT2D eigenvalue weighted by molar-refractivity contribution is -0.118. The van der Waals surface area contributed by atoms with Crippen LogP contribution in [0.5, 0.6) is 0 Å². The van der Waals surface area contributed by atoms with E-state index in [-0.39, 0.29) is 17.9 Å². The van der Waals surface area contributed by atoms with Gasteiger partial charge < -0.3 is 10.2 Å². The summed E-state index contributed by atoms with van der Waals surface area (Å²) in [6.07, 6.45) is 0.414. The average Bonchev–Trinajstić information content (AvgIpc) is 3.17. The Bertz CT molecular complexity index is 791. The van der Waals surface area contributed by atoms with Crippen molar-refractivity contribution in [1.82, 2.24) is 20.4 Å². The van der Waals surface area contributed by atoms with Crippen molar-refractivity contribution in [3.05, 3.63) is 40.9 Å². The van der Waals surface area contributed by atoms with Crippen LogP contribution < -0.4 is 10.6 Å². The van der Waals surface area contributed by atoms with Gasteiger partial charge in [-0.15, -0.1) is 10.2 Å². The molecule has 0 bridgehead atoms. The molecule has 9 heteroatoms. The fraction of sp³-hybridized carbons (Fsp3) is 0.474. The SMILES string of the molecule is CC(C)c1nnc(NC(=O)C(Cc2ccccc2)NC(=O)N2CCSCC2)s1. The van der Waals surface area contributed by atoms with E-state index in [4.69, 9.17) is 0 Å². The summed E-state index contributed by atoms with van der Waals surface area (Å²) in [5, 5.41) is 15.2. The van der Waals surface area contributed by atoms with Crippen LogP contribution in [0.3, 0.4) is 0 Å². The first-order chi connectivity index (χ1) is 13.5. The fourth-order valence-corrected chi connectivity index (χ4v) is 4.43. The van der Waals surface area contributed by atoms with Crippen LogP contribution in [-0.2, 0) is 11.2 Å². The molecule has 28 heavy (non-hydrogen) atoms. The van der Waals surface area contributed by atoms with E-state index in [0.29, 0.717) is 24.6 Å². The Morgan fingerprint density at radius 3 is 2.50 bits per heavy atom. The van der Waals surface area contributed by atoms with Crippen LogP contribution in [0.25, 0.3) is 0 Å². The maximum absolute atomic E-state index is 12.9. The van der Waals surface area contributed by atoms with E-state index in [0.717, 1.165) is 22.1 Å². The Morgan fingerprint density at radius 2 is 1.86 bits per heavy atom. The van der Waals surface area contributed by atoms with Crippen LogP contribution in [0, 0.1) is 0 Å². The molecule has 2 heterocycles. The molecule has 1 aromatic heterocycles. The molecule has 2 N–H and O–H groups in total. The van der Waals surface area contributed by atoms with Crippen molar-refractivity contribution in [3.8, 4) is 0 Å². The third kappa shape index (κ3) is 5.68. The Hall–Kier alpha value is -2.13. The lowest BCUT2D eigenvalue weighted by Gasteiger charge is -2.28. The predicted molar refractivity (Wildman–Crippen MR) is 114 cm³/mol. The second kappa shape index (κ2) is 9.88. The zero-order valence-corrected chi connectivity index (χ0v) is 17.7. The van der Waals surface area contributed by atoms with Crippen LogP contribution in [-0.4, -0.2) is 57.7 Å². The van der Waals surface area contributed by atoms with Gasteiger partial charge in [0.05, 0.1) is 0 Å². The number of benzene rings is 1. The monoisotopic (exact) mass is 419 g/mol. The zero-order valence-electron chi connectivity index (χ0n) is 16.1. The van der Waals surface area contributed by atoms with Crippen molar-refractivity contribution in [2.45, 2.75) is 32.2 Å². The molecule has 3 amide bonds. The number of amides is 3. The topological polar surface area (TPSA) is 87.2 Å². The average molecular weight is 420 g/mol. The molecular weight excluding hydrogens is 394 g/mol. The molecular formula is C19H25N5O2S2. The Labute approximate surface area is 173 Å². The van der Waals surface area contributed by atoms with Crippen LogP contribution in [0.1, 0.15) is 30.3 Å². The Balaban J connectivity index is 1.70. The van der Waals surface area contributed by atoms with Gasteiger partial charge in [0.15, 0.2) is 0 Å². The second-order valence-corrected chi connectivity index (χ2v) is 9.11. The number of carbonyl (C=O) groups excluding carboxylic acids is 2. The van der Waals surface area contributed by atoms with E-state index in [1.165, 1.54) is 11.3 Å². The quantitative estimate of drug-likeness (QED) is 0.752. The highest BCUT2D eigenvalue weighted by atomic mass is 32.2. The normalized spacial score (nSPS) is 15.3. The first-order valence-electron chi connectivity index (χ1n) is 9.34. The molecule has 1 aliphatic rings. The largest absolute Gasteiger partial charge is 0.326 e. The maximum Gasteiger partial charge on any atom is 0.318 e. The molecule has 7 nitrogen and oxygen atoms in total. The molecule has 1 saturated heterocycles. The van der Waals surface area contributed by atoms with Gasteiger partial charge in [-0.1, -0.05) is 55.5 Å². The van der Waals surface area contributed by atoms with Crippen LogP contribution in [0.2, 0.25) is 0 Å². The minimum atomic E-state index is -0.684. The standard InChI is InChI=1S/C19H25N5O2S2/c1-13(2)17-22-23-18(28-17)21-16(25)15(12-14-6-4-3-5-7-14)20-19(26)24-8-10-27-11-9-24/h3-7,13,15H,8-12H2,1-2H3,(H,20,26)(H,21,23,25). The summed E-state index contributed by atoms with van der Waals surface area (Å²) in [5.74, 6) is 1.81. The number of hydrogen-bond acceptors (Lipinski definition) is 6. The molecule has 150 valence electrons. The summed E-state index contributed by atoms with van der Waals surface area (Å²) in [6, 6.07) is 8.79. The molecule has 2 aromatic rings. The third-order valence-corrected chi connectivity index (χ3v) is 6.44. The predicted octanol–water partition coefficient (Wildman–Crippen LogP) is 2.97. The minimum Gasteiger partial charge on any atom is -0.326 e. The molecule has 1 fully saturated rings. The molecule has 1 aliphatic heterocycles. The molecule has 0 aliphatic carbocycles. The van der Waals surface area contributed by atoms with Crippen LogP contribution in [0.15, 0.2) is 30.3 Å². The number of aromatic nitrogens is 2. The van der Waals surface area contributed by atoms with E-state index in [9.17, 15) is 9.59 Å². The van der Waals surface area contributed by atoms with E-state index >= 15 is 0 Å². The van der Waals surface area contributed by atoms with Gasteiger partial charge in [-0.3, -0.25) is 10.1 Å². The molecule has 3 rings (SSSR count). The third-order valence-electron chi connectivity index (χ3n) is 4.36. The number of thioether (sulfide) groups is 1. The summed E-state index contributed by atoms with van der Waals surface area (Å²) < 4.78 is 0. The summed E-state index contributed by atoms with van der Waals surface area (Å²) in [5.41, 5.74) is 0.984. The van der Waals surface area contributed by atoms with Crippen molar-refractivity contribution in [2.75, 3.05) is 29.9 Å². The molecule has 0 saturated carbocycles.